The molecule has 2 aromatic carbocycles. The number of carbonyl (C=O) groups is 1. The number of aryl methyl sites for hydroxylation is 2. The van der Waals surface area contributed by atoms with Crippen LogP contribution >= 0.6 is 0 Å². The zero-order valence-corrected chi connectivity index (χ0v) is 18.3. The Kier molecular flexibility index (Phi) is 6.60. The summed E-state index contributed by atoms with van der Waals surface area (Å²) < 4.78 is 7.95. The van der Waals surface area contributed by atoms with Crippen LogP contribution in [0.3, 0.4) is 0 Å². The number of benzene rings is 2. The van der Waals surface area contributed by atoms with Gasteiger partial charge in [-0.3, -0.25) is 14.5 Å². The first-order chi connectivity index (χ1) is 15.6. The number of ether oxygens (including phenoxy) is 1. The van der Waals surface area contributed by atoms with Crippen LogP contribution in [0, 0.1) is 13.8 Å². The Morgan fingerprint density at radius 2 is 1.75 bits per heavy atom. The number of aromatic nitrogens is 3. The summed E-state index contributed by atoms with van der Waals surface area (Å²) in [6.45, 7) is 5.46. The van der Waals surface area contributed by atoms with Crippen LogP contribution < -0.4 is 10.1 Å². The first-order valence-electron chi connectivity index (χ1n) is 10.6. The number of nitrogens with one attached hydrogen (secondary N) is 1. The van der Waals surface area contributed by atoms with Crippen molar-refractivity contribution >= 4 is 5.91 Å². The Bertz CT molecular complexity index is 1190. The number of carbonyl (C=O) groups excluding carboxylic acids is 1. The molecule has 0 aliphatic rings. The normalized spacial score (nSPS) is 10.7. The molecule has 4 rings (SSSR count). The van der Waals surface area contributed by atoms with E-state index in [1.165, 1.54) is 0 Å². The van der Waals surface area contributed by atoms with Crippen LogP contribution in [0.4, 0.5) is 0 Å². The van der Waals surface area contributed by atoms with E-state index in [9.17, 15) is 4.79 Å². The summed E-state index contributed by atoms with van der Waals surface area (Å²) in [5.41, 5.74) is 5.58. The number of nitrogens with zero attached hydrogens (tertiary/aromatic N) is 3. The van der Waals surface area contributed by atoms with E-state index >= 15 is 0 Å². The number of hydrogen-bond donors (Lipinski definition) is 1. The van der Waals surface area contributed by atoms with Gasteiger partial charge in [-0.1, -0.05) is 48.0 Å². The highest BCUT2D eigenvalue weighted by Gasteiger charge is 2.14. The third-order valence-corrected chi connectivity index (χ3v) is 5.19. The van der Waals surface area contributed by atoms with Crippen LogP contribution in [0.15, 0.2) is 79.1 Å². The average molecular weight is 427 g/mol. The molecule has 4 aromatic rings. The van der Waals surface area contributed by atoms with Crippen LogP contribution in [-0.4, -0.2) is 20.7 Å². The van der Waals surface area contributed by atoms with E-state index in [0.29, 0.717) is 25.4 Å². The maximum Gasteiger partial charge on any atom is 0.272 e. The standard InChI is InChI=1S/C26H26N4O2/c1-19-8-9-25(32-18-22-6-4-3-5-7-22)23(14-19)17-30-20(2)15-24(29-30)26(31)28-16-21-10-12-27-13-11-21/h3-15H,16-18H2,1-2H3,(H,28,31). The predicted molar refractivity (Wildman–Crippen MR) is 123 cm³/mol. The second-order valence-electron chi connectivity index (χ2n) is 7.75. The lowest BCUT2D eigenvalue weighted by atomic mass is 10.1. The molecule has 0 unspecified atom stereocenters. The van der Waals surface area contributed by atoms with E-state index in [-0.39, 0.29) is 5.91 Å². The lowest BCUT2D eigenvalue weighted by Crippen LogP contribution is -2.23. The van der Waals surface area contributed by atoms with Crippen molar-refractivity contribution in [2.24, 2.45) is 0 Å². The van der Waals surface area contributed by atoms with Gasteiger partial charge in [-0.15, -0.1) is 0 Å². The fourth-order valence-electron chi connectivity index (χ4n) is 3.42. The van der Waals surface area contributed by atoms with Gasteiger partial charge >= 0.3 is 0 Å². The van der Waals surface area contributed by atoms with E-state index < -0.39 is 0 Å². The third-order valence-electron chi connectivity index (χ3n) is 5.19. The zero-order valence-electron chi connectivity index (χ0n) is 18.3. The first-order valence-corrected chi connectivity index (χ1v) is 10.6. The fourth-order valence-corrected chi connectivity index (χ4v) is 3.42. The van der Waals surface area contributed by atoms with E-state index in [0.717, 1.165) is 33.7 Å². The van der Waals surface area contributed by atoms with Gasteiger partial charge in [0.2, 0.25) is 0 Å². The molecular formula is C26H26N4O2. The van der Waals surface area contributed by atoms with Gasteiger partial charge in [-0.25, -0.2) is 0 Å². The highest BCUT2D eigenvalue weighted by atomic mass is 16.5. The molecule has 0 saturated heterocycles. The molecule has 162 valence electrons. The van der Waals surface area contributed by atoms with Crippen LogP contribution in [0.25, 0.3) is 0 Å². The zero-order chi connectivity index (χ0) is 22.3. The molecule has 0 fully saturated rings. The SMILES string of the molecule is Cc1ccc(OCc2ccccc2)c(Cn2nc(C(=O)NCc3ccncc3)cc2C)c1. The second-order valence-corrected chi connectivity index (χ2v) is 7.75. The molecule has 0 saturated carbocycles. The topological polar surface area (TPSA) is 69.0 Å². The minimum atomic E-state index is -0.201. The van der Waals surface area contributed by atoms with Crippen molar-refractivity contribution < 1.29 is 9.53 Å². The predicted octanol–water partition coefficient (Wildman–Crippen LogP) is 4.45. The highest BCUT2D eigenvalue weighted by molar-refractivity contribution is 5.92. The summed E-state index contributed by atoms with van der Waals surface area (Å²) in [5.74, 6) is 0.617. The lowest BCUT2D eigenvalue weighted by Gasteiger charge is -2.13. The van der Waals surface area contributed by atoms with Crippen molar-refractivity contribution in [3.05, 3.63) is 113 Å². The summed E-state index contributed by atoms with van der Waals surface area (Å²) in [5, 5.41) is 7.45. The van der Waals surface area contributed by atoms with E-state index in [4.69, 9.17) is 4.74 Å². The highest BCUT2D eigenvalue weighted by Crippen LogP contribution is 2.23. The maximum atomic E-state index is 12.6. The van der Waals surface area contributed by atoms with E-state index in [1.807, 2.05) is 72.3 Å². The first kappa shape index (κ1) is 21.3. The molecule has 0 spiro atoms. The minimum absolute atomic E-state index is 0.201. The van der Waals surface area contributed by atoms with Gasteiger partial charge in [0, 0.05) is 30.2 Å². The van der Waals surface area contributed by atoms with Gasteiger partial charge in [0.05, 0.1) is 6.54 Å². The number of pyridine rings is 1. The summed E-state index contributed by atoms with van der Waals surface area (Å²) in [6, 6.07) is 21.8. The van der Waals surface area contributed by atoms with Crippen molar-refractivity contribution in [3.63, 3.8) is 0 Å². The largest absolute Gasteiger partial charge is 0.489 e. The molecule has 1 N–H and O–H groups in total. The van der Waals surface area contributed by atoms with Crippen LogP contribution in [-0.2, 0) is 19.7 Å². The van der Waals surface area contributed by atoms with Crippen molar-refractivity contribution in [2.75, 3.05) is 0 Å². The number of amides is 1. The molecule has 1 amide bonds. The molecule has 0 aliphatic heterocycles. The van der Waals surface area contributed by atoms with Crippen LogP contribution in [0.5, 0.6) is 5.75 Å². The van der Waals surface area contributed by atoms with Crippen LogP contribution in [0.2, 0.25) is 0 Å². The van der Waals surface area contributed by atoms with Gasteiger partial charge in [0.1, 0.15) is 18.1 Å². The van der Waals surface area contributed by atoms with Crippen molar-refractivity contribution in [1.29, 1.82) is 0 Å². The van der Waals surface area contributed by atoms with Gasteiger partial charge in [-0.05, 0) is 49.2 Å². The van der Waals surface area contributed by atoms with Gasteiger partial charge in [0.25, 0.3) is 5.91 Å². The molecule has 0 aliphatic carbocycles. The molecule has 6 heteroatoms. The van der Waals surface area contributed by atoms with Gasteiger partial charge in [0.15, 0.2) is 0 Å². The monoisotopic (exact) mass is 426 g/mol. The maximum absolute atomic E-state index is 12.6. The Labute approximate surface area is 187 Å². The Morgan fingerprint density at radius 3 is 2.53 bits per heavy atom. The fraction of sp³-hybridized carbons (Fsp3) is 0.192. The van der Waals surface area contributed by atoms with E-state index in [2.05, 4.69) is 28.4 Å². The average Bonchev–Trinajstić information content (AvgIpc) is 3.18. The quantitative estimate of drug-likeness (QED) is 0.452. The van der Waals surface area contributed by atoms with E-state index in [1.54, 1.807) is 12.4 Å². The number of hydrogen-bond acceptors (Lipinski definition) is 4. The Morgan fingerprint density at radius 1 is 0.969 bits per heavy atom. The molecule has 0 atom stereocenters. The molecule has 0 radical (unpaired) electrons. The Balaban J connectivity index is 1.46. The smallest absolute Gasteiger partial charge is 0.272 e. The molecule has 2 heterocycles. The molecule has 6 nitrogen and oxygen atoms in total. The summed E-state index contributed by atoms with van der Waals surface area (Å²) in [7, 11) is 0. The summed E-state index contributed by atoms with van der Waals surface area (Å²) in [6.07, 6.45) is 3.42. The summed E-state index contributed by atoms with van der Waals surface area (Å²) >= 11 is 0. The molecule has 32 heavy (non-hydrogen) atoms. The van der Waals surface area contributed by atoms with Crippen molar-refractivity contribution in [2.45, 2.75) is 33.5 Å². The minimum Gasteiger partial charge on any atom is -0.489 e. The lowest BCUT2D eigenvalue weighted by molar-refractivity contribution is 0.0945. The van der Waals surface area contributed by atoms with Gasteiger partial charge in [-0.2, -0.15) is 5.10 Å². The second kappa shape index (κ2) is 9.92. The number of rotatable bonds is 8. The molecule has 2 aromatic heterocycles. The molecular weight excluding hydrogens is 400 g/mol. The van der Waals surface area contributed by atoms with Crippen molar-refractivity contribution in [3.8, 4) is 5.75 Å². The van der Waals surface area contributed by atoms with Crippen molar-refractivity contribution in [1.82, 2.24) is 20.1 Å². The molecule has 0 bridgehead atoms. The summed E-state index contributed by atoms with van der Waals surface area (Å²) in [4.78, 5) is 16.6. The van der Waals surface area contributed by atoms with Gasteiger partial charge < -0.3 is 10.1 Å². The third kappa shape index (κ3) is 5.40. The Hall–Kier alpha value is -3.93. The van der Waals surface area contributed by atoms with Crippen LogP contribution in [0.1, 0.15) is 38.4 Å².